The number of methoxy groups -OCH3 is 1. The van der Waals surface area contributed by atoms with E-state index in [9.17, 15) is 9.18 Å². The number of carbonyl (C=O) groups is 1. The second-order valence-corrected chi connectivity index (χ2v) is 7.20. The van der Waals surface area contributed by atoms with Crippen LogP contribution in [0.3, 0.4) is 0 Å². The molecule has 1 aliphatic heterocycles. The maximum absolute atomic E-state index is 14.7. The monoisotopic (exact) mass is 460 g/mol. The van der Waals surface area contributed by atoms with Gasteiger partial charge in [-0.1, -0.05) is 0 Å². The van der Waals surface area contributed by atoms with E-state index in [2.05, 4.69) is 5.10 Å². The van der Waals surface area contributed by atoms with Gasteiger partial charge in [-0.3, -0.25) is 4.79 Å². The van der Waals surface area contributed by atoms with Crippen LogP contribution in [0, 0.1) is 5.82 Å². The molecule has 0 radical (unpaired) electrons. The van der Waals surface area contributed by atoms with Gasteiger partial charge in [0.1, 0.15) is 18.2 Å². The van der Waals surface area contributed by atoms with Gasteiger partial charge >= 0.3 is 0 Å². The van der Waals surface area contributed by atoms with Crippen molar-refractivity contribution >= 4 is 11.6 Å². The molecule has 0 saturated heterocycles. The zero-order valence-electron chi connectivity index (χ0n) is 18.9. The third-order valence-electron chi connectivity index (χ3n) is 4.96. The molecule has 0 atom stereocenters. The van der Waals surface area contributed by atoms with Crippen molar-refractivity contribution in [2.75, 3.05) is 46.7 Å². The molecule has 9 heteroatoms. The molecule has 0 bridgehead atoms. The number of hydrogen-bond donors (Lipinski definition) is 1. The van der Waals surface area contributed by atoms with Crippen LogP contribution in [0.25, 0.3) is 0 Å². The Morgan fingerprint density at radius 1 is 1.12 bits per heavy atom. The van der Waals surface area contributed by atoms with Crippen molar-refractivity contribution in [1.29, 1.82) is 0 Å². The minimum Gasteiger partial charge on any atom is -0.493 e. The van der Waals surface area contributed by atoms with Crippen molar-refractivity contribution in [3.8, 4) is 17.2 Å². The van der Waals surface area contributed by atoms with Gasteiger partial charge in [-0.05, 0) is 50.1 Å². The number of amides is 1. The number of halogens is 1. The van der Waals surface area contributed by atoms with E-state index in [0.29, 0.717) is 43.2 Å². The fourth-order valence-electron chi connectivity index (χ4n) is 3.40. The average Bonchev–Trinajstić information content (AvgIpc) is 2.84. The highest BCUT2D eigenvalue weighted by Crippen LogP contribution is 2.30. The number of aliphatic hydroxyl groups is 1. The smallest absolute Gasteiger partial charge is 0.276 e. The molecule has 0 aliphatic carbocycles. The highest BCUT2D eigenvalue weighted by molar-refractivity contribution is 6.03. The molecule has 0 unspecified atom stereocenters. The molecular weight excluding hydrogens is 431 g/mol. The molecule has 0 aromatic heterocycles. The van der Waals surface area contributed by atoms with Gasteiger partial charge in [0, 0.05) is 18.2 Å². The van der Waals surface area contributed by atoms with E-state index in [1.807, 2.05) is 19.1 Å². The number of aliphatic hydroxyl groups excluding tert-OH is 1. The number of hydrogen-bond acceptors (Lipinski definition) is 7. The van der Waals surface area contributed by atoms with Crippen molar-refractivity contribution in [3.05, 3.63) is 53.3 Å². The van der Waals surface area contributed by atoms with Gasteiger partial charge in [-0.15, -0.1) is 0 Å². The lowest BCUT2D eigenvalue weighted by molar-refractivity contribution is 0.0703. The molecule has 1 N–H and O–H groups in total. The quantitative estimate of drug-likeness (QED) is 0.518. The van der Waals surface area contributed by atoms with Crippen LogP contribution >= 0.6 is 0 Å². The molecule has 0 fully saturated rings. The van der Waals surface area contributed by atoms with Gasteiger partial charge < -0.3 is 24.1 Å². The summed E-state index contributed by atoms with van der Waals surface area (Å²) in [5.41, 5.74) is 1.47. The van der Waals surface area contributed by atoms with Crippen molar-refractivity contribution < 1.29 is 33.2 Å². The third-order valence-corrected chi connectivity index (χ3v) is 4.96. The number of benzene rings is 2. The van der Waals surface area contributed by atoms with Crippen LogP contribution in [-0.4, -0.2) is 68.4 Å². The zero-order chi connectivity index (χ0) is 23.6. The fourth-order valence-corrected chi connectivity index (χ4v) is 3.40. The van der Waals surface area contributed by atoms with Crippen LogP contribution in [0.2, 0.25) is 0 Å². The Hall–Kier alpha value is -3.17. The number of rotatable bonds is 11. The topological polar surface area (TPSA) is 89.8 Å². The molecule has 2 aromatic rings. The first kappa shape index (κ1) is 24.5. The predicted molar refractivity (Wildman–Crippen MR) is 121 cm³/mol. The molecule has 3 rings (SSSR count). The predicted octanol–water partition coefficient (Wildman–Crippen LogP) is 3.26. The Kier molecular flexibility index (Phi) is 9.03. The number of ether oxygens (including phenoxy) is 4. The number of carbonyl (C=O) groups excluding carboxylic acids is 1. The number of nitrogens with zero attached hydrogens (tertiary/aromatic N) is 2. The molecule has 178 valence electrons. The van der Waals surface area contributed by atoms with Gasteiger partial charge in [-0.25, -0.2) is 9.40 Å². The second kappa shape index (κ2) is 12.2. The normalized spacial score (nSPS) is 13.5. The van der Waals surface area contributed by atoms with Crippen molar-refractivity contribution in [1.82, 2.24) is 5.01 Å². The van der Waals surface area contributed by atoms with Crippen molar-refractivity contribution in [2.45, 2.75) is 19.8 Å². The summed E-state index contributed by atoms with van der Waals surface area (Å²) in [5, 5.41) is 14.5. The van der Waals surface area contributed by atoms with Crippen LogP contribution in [0.4, 0.5) is 4.39 Å². The summed E-state index contributed by atoms with van der Waals surface area (Å²) in [6.45, 7) is 3.40. The lowest BCUT2D eigenvalue weighted by Gasteiger charge is -2.24. The maximum Gasteiger partial charge on any atom is 0.276 e. The van der Waals surface area contributed by atoms with Gasteiger partial charge in [-0.2, -0.15) is 5.10 Å². The molecule has 0 spiro atoms. The Bertz CT molecular complexity index is 981. The average molecular weight is 461 g/mol. The van der Waals surface area contributed by atoms with Crippen LogP contribution in [0.5, 0.6) is 17.2 Å². The third kappa shape index (κ3) is 6.43. The van der Waals surface area contributed by atoms with E-state index in [4.69, 9.17) is 24.1 Å². The largest absolute Gasteiger partial charge is 0.493 e. The van der Waals surface area contributed by atoms with Crippen LogP contribution in [-0.2, 0) is 4.74 Å². The Labute approximate surface area is 192 Å². The van der Waals surface area contributed by atoms with Gasteiger partial charge in [0.05, 0.1) is 44.8 Å². The van der Waals surface area contributed by atoms with E-state index in [0.717, 1.165) is 11.3 Å². The molecule has 0 saturated carbocycles. The van der Waals surface area contributed by atoms with E-state index >= 15 is 0 Å². The van der Waals surface area contributed by atoms with Gasteiger partial charge in [0.15, 0.2) is 11.5 Å². The first-order chi connectivity index (χ1) is 16.1. The highest BCUT2D eigenvalue weighted by Gasteiger charge is 2.24. The first-order valence-electron chi connectivity index (χ1n) is 10.9. The summed E-state index contributed by atoms with van der Waals surface area (Å²) < 4.78 is 36.1. The van der Waals surface area contributed by atoms with Gasteiger partial charge in [0.2, 0.25) is 0 Å². The summed E-state index contributed by atoms with van der Waals surface area (Å²) in [5.74, 6) is 0.322. The summed E-state index contributed by atoms with van der Waals surface area (Å²) in [6, 6.07) is 9.61. The molecule has 2 aromatic carbocycles. The summed E-state index contributed by atoms with van der Waals surface area (Å²) in [7, 11) is 1.58. The first-order valence-corrected chi connectivity index (χ1v) is 10.9. The van der Waals surface area contributed by atoms with Gasteiger partial charge in [0.25, 0.3) is 5.91 Å². The Balaban J connectivity index is 1.72. The molecule has 1 heterocycles. The maximum atomic E-state index is 14.7. The molecule has 8 nitrogen and oxygen atoms in total. The van der Waals surface area contributed by atoms with Crippen molar-refractivity contribution in [3.63, 3.8) is 0 Å². The summed E-state index contributed by atoms with van der Waals surface area (Å²) in [4.78, 5) is 13.0. The fraction of sp³-hybridized carbons (Fsp3) is 0.417. The molecule has 1 aliphatic rings. The number of hydrazone groups is 1. The summed E-state index contributed by atoms with van der Waals surface area (Å²) >= 11 is 0. The molecular formula is C24H29FN2O6. The second-order valence-electron chi connectivity index (χ2n) is 7.20. The highest BCUT2D eigenvalue weighted by atomic mass is 19.1. The zero-order valence-corrected chi connectivity index (χ0v) is 18.9. The summed E-state index contributed by atoms with van der Waals surface area (Å²) in [6.07, 6.45) is 1.40. The SMILES string of the molecule is CCOc1cc(C2=NN(C(=O)c3ccc(OCCOCCO)cc3F)CCC2)ccc1OC. The van der Waals surface area contributed by atoms with Crippen LogP contribution < -0.4 is 14.2 Å². The minimum absolute atomic E-state index is 0.0712. The van der Waals surface area contributed by atoms with Crippen molar-refractivity contribution in [2.24, 2.45) is 5.10 Å². The lowest BCUT2D eigenvalue weighted by atomic mass is 10.0. The minimum atomic E-state index is -0.681. The van der Waals surface area contributed by atoms with E-state index < -0.39 is 11.7 Å². The molecule has 1 amide bonds. The lowest BCUT2D eigenvalue weighted by Crippen LogP contribution is -2.32. The standard InChI is InChI=1S/C24H29FN2O6/c1-3-32-23-15-17(6-9-22(23)30-2)21-5-4-10-27(26-21)24(29)19-8-7-18(16-20(19)25)33-14-13-31-12-11-28/h6-9,15-16,28H,3-5,10-14H2,1-2H3. The Morgan fingerprint density at radius 3 is 2.70 bits per heavy atom. The van der Waals surface area contributed by atoms with E-state index in [-0.39, 0.29) is 32.0 Å². The van der Waals surface area contributed by atoms with Crippen LogP contribution in [0.1, 0.15) is 35.7 Å². The Morgan fingerprint density at radius 2 is 1.97 bits per heavy atom. The molecule has 33 heavy (non-hydrogen) atoms. The van der Waals surface area contributed by atoms with E-state index in [1.54, 1.807) is 13.2 Å². The van der Waals surface area contributed by atoms with E-state index in [1.165, 1.54) is 23.2 Å². The van der Waals surface area contributed by atoms with Crippen LogP contribution in [0.15, 0.2) is 41.5 Å².